The van der Waals surface area contributed by atoms with Crippen molar-refractivity contribution in [3.8, 4) is 17.6 Å². The number of nitrogens with zero attached hydrogens (tertiary/aromatic N) is 2. The molecule has 0 aliphatic heterocycles. The van der Waals surface area contributed by atoms with Crippen molar-refractivity contribution in [2.75, 3.05) is 21.3 Å². The van der Waals surface area contributed by atoms with Gasteiger partial charge in [-0.1, -0.05) is 29.3 Å². The van der Waals surface area contributed by atoms with Crippen LogP contribution in [0.1, 0.15) is 11.6 Å². The van der Waals surface area contributed by atoms with Crippen molar-refractivity contribution in [2.24, 2.45) is 0 Å². The lowest BCUT2D eigenvalue weighted by atomic mass is 10.1. The van der Waals surface area contributed by atoms with Gasteiger partial charge in [0, 0.05) is 7.05 Å². The Morgan fingerprint density at radius 2 is 1.90 bits per heavy atom. The molecule has 0 heterocycles. The molecule has 0 aliphatic carbocycles. The molecule has 1 unspecified atom stereocenters. The van der Waals surface area contributed by atoms with Crippen LogP contribution in [-0.2, 0) is 4.79 Å². The monoisotopic (exact) mass is 316 g/mol. The first-order valence-electron chi connectivity index (χ1n) is 5.62. The molecule has 0 radical (unpaired) electrons. The zero-order valence-electron chi connectivity index (χ0n) is 11.3. The average molecular weight is 317 g/mol. The molecular weight excluding hydrogens is 303 g/mol. The van der Waals surface area contributed by atoms with Crippen LogP contribution in [0, 0.1) is 11.3 Å². The van der Waals surface area contributed by atoms with E-state index in [1.165, 1.54) is 26.2 Å². The van der Waals surface area contributed by atoms with E-state index in [0.717, 1.165) is 0 Å². The van der Waals surface area contributed by atoms with E-state index in [9.17, 15) is 10.1 Å². The van der Waals surface area contributed by atoms with Crippen LogP contribution < -0.4 is 9.47 Å². The summed E-state index contributed by atoms with van der Waals surface area (Å²) in [4.78, 5) is 11.7. The lowest BCUT2D eigenvalue weighted by Gasteiger charge is -2.24. The van der Waals surface area contributed by atoms with Crippen molar-refractivity contribution in [3.05, 3.63) is 23.8 Å². The summed E-state index contributed by atoms with van der Waals surface area (Å²) in [6, 6.07) is 6.19. The largest absolute Gasteiger partial charge is 0.493 e. The van der Waals surface area contributed by atoms with Gasteiger partial charge in [-0.25, -0.2) is 0 Å². The average Bonchev–Trinajstić information content (AvgIpc) is 2.46. The predicted octanol–water partition coefficient (Wildman–Crippen LogP) is 2.53. The van der Waals surface area contributed by atoms with Crippen LogP contribution >= 0.6 is 23.2 Å². The quantitative estimate of drug-likeness (QED) is 0.783. The van der Waals surface area contributed by atoms with Crippen LogP contribution in [0.25, 0.3) is 0 Å². The molecule has 0 N–H and O–H groups in total. The number of hydrogen-bond donors (Lipinski definition) is 0. The first-order chi connectivity index (χ1) is 9.46. The number of benzene rings is 1. The van der Waals surface area contributed by atoms with Crippen LogP contribution in [-0.4, -0.2) is 36.9 Å². The van der Waals surface area contributed by atoms with Gasteiger partial charge in [-0.05, 0) is 17.7 Å². The van der Waals surface area contributed by atoms with Gasteiger partial charge < -0.3 is 14.4 Å². The van der Waals surface area contributed by atoms with Crippen molar-refractivity contribution in [2.45, 2.75) is 10.9 Å². The van der Waals surface area contributed by atoms with Crippen LogP contribution in [0.2, 0.25) is 0 Å². The number of halogens is 2. The van der Waals surface area contributed by atoms with Gasteiger partial charge >= 0.3 is 0 Å². The zero-order valence-corrected chi connectivity index (χ0v) is 12.8. The van der Waals surface area contributed by atoms with E-state index in [0.29, 0.717) is 17.1 Å². The Labute approximate surface area is 127 Å². The maximum absolute atomic E-state index is 11.7. The molecule has 1 rings (SSSR count). The number of carbonyl (C=O) groups excluding carboxylic acids is 1. The normalized spacial score (nSPS) is 11.7. The van der Waals surface area contributed by atoms with Crippen LogP contribution in [0.3, 0.4) is 0 Å². The fraction of sp³-hybridized carbons (Fsp3) is 0.385. The van der Waals surface area contributed by atoms with Crippen molar-refractivity contribution in [1.82, 2.24) is 4.90 Å². The zero-order chi connectivity index (χ0) is 15.3. The molecule has 20 heavy (non-hydrogen) atoms. The molecule has 0 fully saturated rings. The summed E-state index contributed by atoms with van der Waals surface area (Å²) in [5.74, 6) is 0.462. The number of amides is 1. The van der Waals surface area contributed by atoms with Crippen LogP contribution in [0.5, 0.6) is 11.5 Å². The Hall–Kier alpha value is -1.64. The fourth-order valence-electron chi connectivity index (χ4n) is 1.69. The Morgan fingerprint density at radius 3 is 2.35 bits per heavy atom. The number of methoxy groups -OCH3 is 2. The maximum atomic E-state index is 11.7. The Morgan fingerprint density at radius 1 is 1.30 bits per heavy atom. The number of ether oxygens (including phenoxy) is 2. The van der Waals surface area contributed by atoms with Crippen molar-refractivity contribution in [3.63, 3.8) is 0 Å². The molecule has 0 bridgehead atoms. The number of alkyl halides is 2. The molecule has 0 saturated carbocycles. The molecule has 0 aliphatic rings. The minimum atomic E-state index is -1.21. The molecule has 108 valence electrons. The molecule has 1 atom stereocenters. The second-order valence-electron chi connectivity index (χ2n) is 3.90. The molecule has 7 heteroatoms. The number of hydrogen-bond acceptors (Lipinski definition) is 4. The number of nitriles is 1. The predicted molar refractivity (Wildman–Crippen MR) is 76.2 cm³/mol. The van der Waals surface area contributed by atoms with Gasteiger partial charge in [0.05, 0.1) is 20.3 Å². The van der Waals surface area contributed by atoms with E-state index in [-0.39, 0.29) is 0 Å². The van der Waals surface area contributed by atoms with Gasteiger partial charge in [0.25, 0.3) is 5.91 Å². The highest BCUT2D eigenvalue weighted by molar-refractivity contribution is 6.53. The summed E-state index contributed by atoms with van der Waals surface area (Å²) in [5.41, 5.74) is 0.579. The second kappa shape index (κ2) is 7.22. The first-order valence-corrected chi connectivity index (χ1v) is 6.49. The third-order valence-electron chi connectivity index (χ3n) is 2.77. The highest BCUT2D eigenvalue weighted by Gasteiger charge is 2.26. The topological polar surface area (TPSA) is 62.6 Å². The smallest absolute Gasteiger partial charge is 0.256 e. The Balaban J connectivity index is 3.14. The highest BCUT2D eigenvalue weighted by Crippen LogP contribution is 2.31. The highest BCUT2D eigenvalue weighted by atomic mass is 35.5. The van der Waals surface area contributed by atoms with Crippen molar-refractivity contribution < 1.29 is 14.3 Å². The molecular formula is C13H14Cl2N2O3. The van der Waals surface area contributed by atoms with E-state index in [2.05, 4.69) is 0 Å². The lowest BCUT2D eigenvalue weighted by Crippen LogP contribution is -2.34. The minimum Gasteiger partial charge on any atom is -0.493 e. The summed E-state index contributed by atoms with van der Waals surface area (Å²) in [7, 11) is 4.47. The fourth-order valence-corrected chi connectivity index (χ4v) is 2.00. The second-order valence-corrected chi connectivity index (χ2v) is 4.99. The van der Waals surface area contributed by atoms with E-state index >= 15 is 0 Å². The van der Waals surface area contributed by atoms with Crippen molar-refractivity contribution in [1.29, 1.82) is 5.26 Å². The molecule has 1 aromatic carbocycles. The molecule has 0 aromatic heterocycles. The summed E-state index contributed by atoms with van der Waals surface area (Å²) in [5, 5.41) is 9.27. The molecule has 5 nitrogen and oxygen atoms in total. The Kier molecular flexibility index (Phi) is 5.93. The number of rotatable bonds is 5. The van der Waals surface area contributed by atoms with Crippen LogP contribution in [0.15, 0.2) is 18.2 Å². The summed E-state index contributed by atoms with van der Waals surface area (Å²) < 4.78 is 10.3. The molecule has 0 spiro atoms. The van der Waals surface area contributed by atoms with Gasteiger partial charge in [-0.3, -0.25) is 4.79 Å². The van der Waals surface area contributed by atoms with Crippen molar-refractivity contribution >= 4 is 29.1 Å². The summed E-state index contributed by atoms with van der Waals surface area (Å²) in [6.45, 7) is 0. The molecule has 0 saturated heterocycles. The molecule has 1 amide bonds. The van der Waals surface area contributed by atoms with E-state index in [4.69, 9.17) is 32.7 Å². The van der Waals surface area contributed by atoms with Gasteiger partial charge in [0.15, 0.2) is 16.3 Å². The first kappa shape index (κ1) is 16.4. The lowest BCUT2D eigenvalue weighted by molar-refractivity contribution is -0.129. The third kappa shape index (κ3) is 3.47. The minimum absolute atomic E-state index is 0.472. The van der Waals surface area contributed by atoms with E-state index < -0.39 is 16.8 Å². The van der Waals surface area contributed by atoms with Crippen LogP contribution in [0.4, 0.5) is 0 Å². The summed E-state index contributed by atoms with van der Waals surface area (Å²) in [6.07, 6.45) is 0. The Bertz CT molecular complexity index is 529. The van der Waals surface area contributed by atoms with E-state index in [1.54, 1.807) is 18.2 Å². The SMILES string of the molecule is COc1ccc(C(C#N)N(C)C(=O)C(Cl)Cl)cc1OC. The summed E-state index contributed by atoms with van der Waals surface area (Å²) >= 11 is 11.1. The van der Waals surface area contributed by atoms with Gasteiger partial charge in [-0.15, -0.1) is 0 Å². The molecule has 1 aromatic rings. The third-order valence-corrected chi connectivity index (χ3v) is 3.14. The van der Waals surface area contributed by atoms with Gasteiger partial charge in [0.1, 0.15) is 6.04 Å². The standard InChI is InChI=1S/C13H14Cl2N2O3/c1-17(13(18)12(14)15)9(7-16)8-4-5-10(19-2)11(6-8)20-3/h4-6,9,12H,1-3H3. The van der Waals surface area contributed by atoms with Gasteiger partial charge in [0.2, 0.25) is 0 Å². The number of carbonyl (C=O) groups is 1. The van der Waals surface area contributed by atoms with E-state index in [1.807, 2.05) is 6.07 Å². The van der Waals surface area contributed by atoms with Gasteiger partial charge in [-0.2, -0.15) is 5.26 Å². The maximum Gasteiger partial charge on any atom is 0.256 e.